The first-order chi connectivity index (χ1) is 8.40. The summed E-state index contributed by atoms with van der Waals surface area (Å²) in [6.07, 6.45) is 0. The fourth-order valence-electron chi connectivity index (χ4n) is 1.25. The van der Waals surface area contributed by atoms with Crippen molar-refractivity contribution in [1.82, 2.24) is 0 Å². The van der Waals surface area contributed by atoms with Crippen LogP contribution in [-0.4, -0.2) is 8.42 Å². The number of para-hydroxylation sites is 1. The summed E-state index contributed by atoms with van der Waals surface area (Å²) in [5.41, 5.74) is 0.511. The number of hydrogen-bond acceptors (Lipinski definition) is 3. The van der Waals surface area contributed by atoms with Crippen LogP contribution in [0.4, 0.5) is 5.69 Å². The minimum absolute atomic E-state index is 0.00109. The highest BCUT2D eigenvalue weighted by molar-refractivity contribution is 14.1. The molecule has 0 aliphatic carbocycles. The first-order valence-electron chi connectivity index (χ1n) is 4.62. The Labute approximate surface area is 132 Å². The molecule has 1 heterocycles. The molecule has 0 unspecified atom stereocenters. The van der Waals surface area contributed by atoms with Crippen molar-refractivity contribution in [1.29, 1.82) is 0 Å². The molecule has 0 fully saturated rings. The third kappa shape index (κ3) is 3.11. The van der Waals surface area contributed by atoms with E-state index in [2.05, 4.69) is 27.3 Å². The smallest absolute Gasteiger partial charge is 0.264 e. The van der Waals surface area contributed by atoms with E-state index in [1.807, 2.05) is 6.07 Å². The number of benzene rings is 1. The van der Waals surface area contributed by atoms with Gasteiger partial charge in [0.25, 0.3) is 10.0 Å². The topological polar surface area (TPSA) is 46.2 Å². The maximum Gasteiger partial charge on any atom is 0.264 e. The number of thiophene rings is 1. The van der Waals surface area contributed by atoms with Gasteiger partial charge in [-0.15, -0.1) is 11.3 Å². The fraction of sp³-hybridized carbons (Fsp3) is 0. The molecule has 0 radical (unpaired) electrons. The average Bonchev–Trinajstić information content (AvgIpc) is 2.62. The van der Waals surface area contributed by atoms with Gasteiger partial charge in [0, 0.05) is 3.57 Å². The molecule has 0 saturated heterocycles. The van der Waals surface area contributed by atoms with E-state index in [4.69, 9.17) is 23.2 Å². The van der Waals surface area contributed by atoms with Gasteiger partial charge in [-0.05, 0) is 40.8 Å². The molecule has 3 nitrogen and oxygen atoms in total. The molecule has 0 bridgehead atoms. The number of sulfonamides is 1. The zero-order valence-corrected chi connectivity index (χ0v) is 14.0. The van der Waals surface area contributed by atoms with Gasteiger partial charge < -0.3 is 0 Å². The Morgan fingerprint density at radius 3 is 2.44 bits per heavy atom. The summed E-state index contributed by atoms with van der Waals surface area (Å²) >= 11 is 14.7. The molecule has 0 atom stereocenters. The lowest BCUT2D eigenvalue weighted by Gasteiger charge is -2.08. The van der Waals surface area contributed by atoms with Crippen molar-refractivity contribution in [2.45, 2.75) is 4.90 Å². The molecule has 0 spiro atoms. The van der Waals surface area contributed by atoms with E-state index in [1.54, 1.807) is 18.2 Å². The summed E-state index contributed by atoms with van der Waals surface area (Å²) in [6.45, 7) is 0. The van der Waals surface area contributed by atoms with Gasteiger partial charge in [-0.3, -0.25) is 4.72 Å². The van der Waals surface area contributed by atoms with Gasteiger partial charge in [-0.1, -0.05) is 35.3 Å². The Balaban J connectivity index is 2.40. The Morgan fingerprint density at radius 2 is 1.89 bits per heavy atom. The summed E-state index contributed by atoms with van der Waals surface area (Å²) < 4.78 is 28.0. The van der Waals surface area contributed by atoms with E-state index < -0.39 is 10.0 Å². The largest absolute Gasteiger partial charge is 0.278 e. The van der Waals surface area contributed by atoms with E-state index in [1.165, 1.54) is 6.07 Å². The first kappa shape index (κ1) is 14.4. The minimum atomic E-state index is -3.71. The molecular weight excluding hydrogens is 428 g/mol. The van der Waals surface area contributed by atoms with Crippen LogP contribution in [0.2, 0.25) is 8.67 Å². The third-order valence-electron chi connectivity index (χ3n) is 2.03. The molecule has 1 N–H and O–H groups in total. The molecule has 0 aliphatic heterocycles. The van der Waals surface area contributed by atoms with Crippen LogP contribution in [0.25, 0.3) is 0 Å². The maximum atomic E-state index is 12.1. The molecule has 1 aromatic carbocycles. The molecule has 2 aromatic rings. The second-order valence-corrected chi connectivity index (χ2v) is 8.37. The number of nitrogens with one attached hydrogen (secondary N) is 1. The van der Waals surface area contributed by atoms with Crippen LogP contribution < -0.4 is 4.72 Å². The second-order valence-electron chi connectivity index (χ2n) is 3.27. The fourth-order valence-corrected chi connectivity index (χ4v) is 5.19. The Hall–Kier alpha value is -0.0200. The van der Waals surface area contributed by atoms with Crippen molar-refractivity contribution in [3.8, 4) is 0 Å². The number of hydrogen-bond donors (Lipinski definition) is 1. The van der Waals surface area contributed by atoms with Crippen molar-refractivity contribution in [3.63, 3.8) is 0 Å². The molecule has 8 heteroatoms. The first-order valence-corrected chi connectivity index (χ1v) is 8.76. The summed E-state index contributed by atoms with van der Waals surface area (Å²) in [4.78, 5) is -0.00109. The molecule has 0 aliphatic rings. The van der Waals surface area contributed by atoms with Crippen molar-refractivity contribution in [2.75, 3.05) is 4.72 Å². The van der Waals surface area contributed by atoms with Gasteiger partial charge in [0.1, 0.15) is 9.23 Å². The van der Waals surface area contributed by atoms with E-state index in [0.29, 0.717) is 10.0 Å². The monoisotopic (exact) mass is 433 g/mol. The summed E-state index contributed by atoms with van der Waals surface area (Å²) in [5, 5.41) is 0. The molecule has 1 aromatic heterocycles. The highest BCUT2D eigenvalue weighted by Gasteiger charge is 2.21. The Bertz CT molecular complexity index is 685. The SMILES string of the molecule is O=S(=O)(Nc1ccccc1I)c1cc(Cl)sc1Cl. The normalized spacial score (nSPS) is 11.5. The van der Waals surface area contributed by atoms with Crippen molar-refractivity contribution >= 4 is 72.8 Å². The van der Waals surface area contributed by atoms with Crippen molar-refractivity contribution in [2.24, 2.45) is 0 Å². The van der Waals surface area contributed by atoms with Crippen LogP contribution in [0.3, 0.4) is 0 Å². The summed E-state index contributed by atoms with van der Waals surface area (Å²) in [5.74, 6) is 0. The van der Waals surface area contributed by atoms with Crippen molar-refractivity contribution in [3.05, 3.63) is 42.6 Å². The lowest BCUT2D eigenvalue weighted by molar-refractivity contribution is 0.601. The van der Waals surface area contributed by atoms with E-state index in [-0.39, 0.29) is 9.23 Å². The average molecular weight is 434 g/mol. The third-order valence-corrected chi connectivity index (χ3v) is 6.09. The predicted octanol–water partition coefficient (Wildman–Crippen LogP) is 4.46. The molecule has 2 rings (SSSR count). The zero-order valence-electron chi connectivity index (χ0n) is 8.65. The van der Waals surface area contributed by atoms with Crippen molar-refractivity contribution < 1.29 is 8.42 Å². The van der Waals surface area contributed by atoms with Gasteiger partial charge >= 0.3 is 0 Å². The second kappa shape index (κ2) is 5.54. The highest BCUT2D eigenvalue weighted by atomic mass is 127. The molecule has 0 amide bonds. The standard InChI is InChI=1S/C10H6Cl2INO2S2/c11-9-5-8(10(12)17-9)18(15,16)14-7-4-2-1-3-6(7)13/h1-5,14H. The van der Waals surface area contributed by atoms with Gasteiger partial charge in [-0.25, -0.2) is 8.42 Å². The predicted molar refractivity (Wildman–Crippen MR) is 84.3 cm³/mol. The van der Waals surface area contributed by atoms with Crippen LogP contribution in [0, 0.1) is 3.57 Å². The molecule has 96 valence electrons. The summed E-state index contributed by atoms with van der Waals surface area (Å²) in [7, 11) is -3.71. The zero-order chi connectivity index (χ0) is 13.3. The van der Waals surface area contributed by atoms with Crippen LogP contribution >= 0.6 is 57.1 Å². The van der Waals surface area contributed by atoms with E-state index >= 15 is 0 Å². The van der Waals surface area contributed by atoms with Crippen LogP contribution in [-0.2, 0) is 10.0 Å². The number of anilines is 1. The van der Waals surface area contributed by atoms with Crippen LogP contribution in [0.15, 0.2) is 35.2 Å². The van der Waals surface area contributed by atoms with E-state index in [9.17, 15) is 8.42 Å². The van der Waals surface area contributed by atoms with Gasteiger partial charge in [0.15, 0.2) is 0 Å². The van der Waals surface area contributed by atoms with Gasteiger partial charge in [0.2, 0.25) is 0 Å². The van der Waals surface area contributed by atoms with E-state index in [0.717, 1.165) is 14.9 Å². The molecular formula is C10H6Cl2INO2S2. The van der Waals surface area contributed by atoms with Gasteiger partial charge in [0.05, 0.1) is 10.0 Å². The number of rotatable bonds is 3. The highest BCUT2D eigenvalue weighted by Crippen LogP contribution is 2.35. The lowest BCUT2D eigenvalue weighted by Crippen LogP contribution is -2.13. The van der Waals surface area contributed by atoms with Gasteiger partial charge in [-0.2, -0.15) is 0 Å². The maximum absolute atomic E-state index is 12.1. The minimum Gasteiger partial charge on any atom is -0.278 e. The van der Waals surface area contributed by atoms with Crippen LogP contribution in [0.1, 0.15) is 0 Å². The quantitative estimate of drug-likeness (QED) is 0.726. The number of halogens is 3. The molecule has 18 heavy (non-hydrogen) atoms. The lowest BCUT2D eigenvalue weighted by atomic mass is 10.3. The Morgan fingerprint density at radius 1 is 1.22 bits per heavy atom. The van der Waals surface area contributed by atoms with Crippen LogP contribution in [0.5, 0.6) is 0 Å². The summed E-state index contributed by atoms with van der Waals surface area (Å²) in [6, 6.07) is 8.41. The Kier molecular flexibility index (Phi) is 4.43. The molecule has 0 saturated carbocycles.